The summed E-state index contributed by atoms with van der Waals surface area (Å²) < 4.78 is 13.3. The predicted molar refractivity (Wildman–Crippen MR) is 49.0 cm³/mol. The van der Waals surface area contributed by atoms with E-state index in [1.807, 2.05) is 0 Å². The van der Waals surface area contributed by atoms with Crippen molar-refractivity contribution in [1.82, 2.24) is 10.2 Å². The van der Waals surface area contributed by atoms with Gasteiger partial charge in [0.25, 0.3) is 0 Å². The molecule has 0 aliphatic carbocycles. The van der Waals surface area contributed by atoms with E-state index in [2.05, 4.69) is 10.2 Å². The first kappa shape index (κ1) is 8.26. The van der Waals surface area contributed by atoms with Crippen molar-refractivity contribution in [3.8, 4) is 11.1 Å². The number of rotatable bonds is 1. The van der Waals surface area contributed by atoms with Crippen molar-refractivity contribution < 1.29 is 4.39 Å². The number of hydrogen-bond acceptors (Lipinski definition) is 1. The van der Waals surface area contributed by atoms with Crippen molar-refractivity contribution in [3.05, 3.63) is 41.4 Å². The number of halogens is 2. The van der Waals surface area contributed by atoms with Gasteiger partial charge in [-0.05, 0) is 18.2 Å². The minimum absolute atomic E-state index is 0.339. The lowest BCUT2D eigenvalue weighted by molar-refractivity contribution is 0.631. The van der Waals surface area contributed by atoms with Crippen LogP contribution in [0.4, 0.5) is 4.39 Å². The molecule has 0 saturated heterocycles. The monoisotopic (exact) mass is 196 g/mol. The Kier molecular flexibility index (Phi) is 2.02. The molecule has 4 heteroatoms. The number of aromatic nitrogens is 2. The topological polar surface area (TPSA) is 28.7 Å². The van der Waals surface area contributed by atoms with Crippen molar-refractivity contribution in [2.75, 3.05) is 0 Å². The standard InChI is InChI=1S/C9H6ClFN2/c10-7-1-2-8(9(11)3-7)6-4-12-13-5-6/h1-5H,(H,12,13). The van der Waals surface area contributed by atoms with Crippen molar-refractivity contribution in [3.63, 3.8) is 0 Å². The Hall–Kier alpha value is -1.35. The lowest BCUT2D eigenvalue weighted by atomic mass is 10.1. The fraction of sp³-hybridized carbons (Fsp3) is 0. The van der Waals surface area contributed by atoms with Gasteiger partial charge in [0.1, 0.15) is 5.82 Å². The van der Waals surface area contributed by atoms with Crippen molar-refractivity contribution in [1.29, 1.82) is 0 Å². The average Bonchev–Trinajstić information content (AvgIpc) is 2.56. The lowest BCUT2D eigenvalue weighted by Gasteiger charge is -1.98. The molecular weight excluding hydrogens is 191 g/mol. The molecule has 0 atom stereocenters. The molecule has 2 nitrogen and oxygen atoms in total. The van der Waals surface area contributed by atoms with E-state index < -0.39 is 0 Å². The number of hydrogen-bond donors (Lipinski definition) is 1. The number of aromatic amines is 1. The van der Waals surface area contributed by atoms with Gasteiger partial charge in [-0.15, -0.1) is 0 Å². The summed E-state index contributed by atoms with van der Waals surface area (Å²) in [7, 11) is 0. The van der Waals surface area contributed by atoms with Crippen LogP contribution in [0.1, 0.15) is 0 Å². The molecule has 0 aliphatic rings. The zero-order chi connectivity index (χ0) is 9.26. The summed E-state index contributed by atoms with van der Waals surface area (Å²) in [6, 6.07) is 4.55. The Morgan fingerprint density at radius 3 is 2.85 bits per heavy atom. The molecule has 0 unspecified atom stereocenters. The van der Waals surface area contributed by atoms with Crippen LogP contribution in [0.5, 0.6) is 0 Å². The average molecular weight is 197 g/mol. The fourth-order valence-electron chi connectivity index (χ4n) is 1.12. The third-order valence-electron chi connectivity index (χ3n) is 1.74. The number of nitrogens with zero attached hydrogens (tertiary/aromatic N) is 1. The van der Waals surface area contributed by atoms with E-state index in [0.29, 0.717) is 16.1 Å². The van der Waals surface area contributed by atoms with Crippen molar-refractivity contribution >= 4 is 11.6 Å². The number of benzene rings is 1. The van der Waals surface area contributed by atoms with Crippen LogP contribution >= 0.6 is 11.6 Å². The Morgan fingerprint density at radius 1 is 1.38 bits per heavy atom. The van der Waals surface area contributed by atoms with Crippen LogP contribution in [0.3, 0.4) is 0 Å². The molecule has 2 rings (SSSR count). The van der Waals surface area contributed by atoms with Crippen molar-refractivity contribution in [2.24, 2.45) is 0 Å². The SMILES string of the molecule is Fc1cc(Cl)ccc1-c1cn[nH]c1. The zero-order valence-electron chi connectivity index (χ0n) is 6.59. The molecule has 0 radical (unpaired) electrons. The molecular formula is C9H6ClFN2. The predicted octanol–water partition coefficient (Wildman–Crippen LogP) is 2.87. The van der Waals surface area contributed by atoms with Crippen LogP contribution in [0, 0.1) is 5.82 Å². The molecule has 1 aromatic carbocycles. The minimum Gasteiger partial charge on any atom is -0.285 e. The summed E-state index contributed by atoms with van der Waals surface area (Å²) in [4.78, 5) is 0. The maximum atomic E-state index is 13.3. The van der Waals surface area contributed by atoms with Gasteiger partial charge >= 0.3 is 0 Å². The largest absolute Gasteiger partial charge is 0.285 e. The Bertz CT molecular complexity index is 412. The third kappa shape index (κ3) is 1.55. The smallest absolute Gasteiger partial charge is 0.132 e. The zero-order valence-corrected chi connectivity index (χ0v) is 7.35. The first-order valence-corrected chi connectivity index (χ1v) is 4.09. The van der Waals surface area contributed by atoms with Crippen LogP contribution in [-0.2, 0) is 0 Å². The van der Waals surface area contributed by atoms with Gasteiger partial charge in [0, 0.05) is 22.3 Å². The molecule has 13 heavy (non-hydrogen) atoms. The van der Waals surface area contributed by atoms with Crippen LogP contribution in [0.2, 0.25) is 5.02 Å². The summed E-state index contributed by atoms with van der Waals surface area (Å²) in [5, 5.41) is 6.75. The Labute approximate surface area is 79.4 Å². The highest BCUT2D eigenvalue weighted by molar-refractivity contribution is 6.30. The van der Waals surface area contributed by atoms with E-state index >= 15 is 0 Å². The molecule has 0 bridgehead atoms. The summed E-state index contributed by atoms with van der Waals surface area (Å²) in [5.41, 5.74) is 1.22. The van der Waals surface area contributed by atoms with Gasteiger partial charge < -0.3 is 0 Å². The Morgan fingerprint density at radius 2 is 2.23 bits per heavy atom. The van der Waals surface area contributed by atoms with Crippen LogP contribution in [-0.4, -0.2) is 10.2 Å². The van der Waals surface area contributed by atoms with E-state index in [4.69, 9.17) is 11.6 Å². The highest BCUT2D eigenvalue weighted by Crippen LogP contribution is 2.23. The first-order chi connectivity index (χ1) is 6.27. The van der Waals surface area contributed by atoms with Gasteiger partial charge in [-0.1, -0.05) is 11.6 Å². The molecule has 0 fully saturated rings. The van der Waals surface area contributed by atoms with Gasteiger partial charge in [0.2, 0.25) is 0 Å². The highest BCUT2D eigenvalue weighted by atomic mass is 35.5. The summed E-state index contributed by atoms with van der Waals surface area (Å²) in [6.07, 6.45) is 3.19. The van der Waals surface area contributed by atoms with Crippen LogP contribution in [0.25, 0.3) is 11.1 Å². The second-order valence-electron chi connectivity index (χ2n) is 2.61. The lowest BCUT2D eigenvalue weighted by Crippen LogP contribution is -1.81. The summed E-state index contributed by atoms with van der Waals surface area (Å²) >= 11 is 5.61. The first-order valence-electron chi connectivity index (χ1n) is 3.71. The minimum atomic E-state index is -0.339. The van der Waals surface area contributed by atoms with E-state index in [1.54, 1.807) is 24.5 Å². The second-order valence-corrected chi connectivity index (χ2v) is 3.05. The summed E-state index contributed by atoms with van der Waals surface area (Å²) in [6.45, 7) is 0. The fourth-order valence-corrected chi connectivity index (χ4v) is 1.28. The van der Waals surface area contributed by atoms with Crippen LogP contribution in [0.15, 0.2) is 30.6 Å². The van der Waals surface area contributed by atoms with E-state index in [1.165, 1.54) is 6.07 Å². The highest BCUT2D eigenvalue weighted by Gasteiger charge is 2.05. The van der Waals surface area contributed by atoms with Gasteiger partial charge in [0.15, 0.2) is 0 Å². The quantitative estimate of drug-likeness (QED) is 0.747. The molecule has 66 valence electrons. The van der Waals surface area contributed by atoms with E-state index in [9.17, 15) is 4.39 Å². The molecule has 0 saturated carbocycles. The number of H-pyrrole nitrogens is 1. The summed E-state index contributed by atoms with van der Waals surface area (Å²) in [5.74, 6) is -0.339. The second kappa shape index (κ2) is 3.18. The molecule has 0 spiro atoms. The van der Waals surface area contributed by atoms with Crippen LogP contribution < -0.4 is 0 Å². The third-order valence-corrected chi connectivity index (χ3v) is 1.98. The molecule has 1 aromatic heterocycles. The molecule has 2 aromatic rings. The normalized spacial score (nSPS) is 10.3. The molecule has 0 amide bonds. The Balaban J connectivity index is 2.53. The van der Waals surface area contributed by atoms with Crippen molar-refractivity contribution in [2.45, 2.75) is 0 Å². The maximum absolute atomic E-state index is 13.3. The van der Waals surface area contributed by atoms with Gasteiger partial charge in [-0.2, -0.15) is 5.10 Å². The molecule has 1 heterocycles. The molecule has 1 N–H and O–H groups in total. The van der Waals surface area contributed by atoms with E-state index in [0.717, 1.165) is 0 Å². The maximum Gasteiger partial charge on any atom is 0.132 e. The van der Waals surface area contributed by atoms with E-state index in [-0.39, 0.29) is 5.82 Å². The molecule has 0 aliphatic heterocycles. The van der Waals surface area contributed by atoms with Gasteiger partial charge in [-0.25, -0.2) is 4.39 Å². The number of nitrogens with one attached hydrogen (secondary N) is 1. The van der Waals surface area contributed by atoms with Gasteiger partial charge in [0.05, 0.1) is 6.20 Å². The van der Waals surface area contributed by atoms with Gasteiger partial charge in [-0.3, -0.25) is 5.10 Å².